The smallest absolute Gasteiger partial charge is 0.254 e. The van der Waals surface area contributed by atoms with Crippen molar-refractivity contribution < 1.29 is 4.79 Å². The van der Waals surface area contributed by atoms with Crippen LogP contribution < -0.4 is 0 Å². The van der Waals surface area contributed by atoms with Crippen molar-refractivity contribution in [3.05, 3.63) is 107 Å². The van der Waals surface area contributed by atoms with Crippen LogP contribution in [0.25, 0.3) is 16.8 Å². The van der Waals surface area contributed by atoms with Crippen molar-refractivity contribution in [2.75, 3.05) is 12.3 Å². The first kappa shape index (κ1) is 20.9. The molecule has 0 saturated carbocycles. The van der Waals surface area contributed by atoms with Gasteiger partial charge in [-0.3, -0.25) is 4.79 Å². The zero-order valence-corrected chi connectivity index (χ0v) is 19.0. The fourth-order valence-corrected chi connectivity index (χ4v) is 5.41. The number of carbonyl (C=O) groups is 1. The van der Waals surface area contributed by atoms with E-state index in [1.165, 1.54) is 0 Å². The Bertz CT molecular complexity index is 1220. The highest BCUT2D eigenvalue weighted by atomic mass is 35.5. The normalized spacial score (nSPS) is 15.8. The van der Waals surface area contributed by atoms with Crippen molar-refractivity contribution in [1.82, 2.24) is 14.7 Å². The molecule has 6 heteroatoms. The number of thioether (sulfide) groups is 1. The number of hydrogen-bond donors (Lipinski definition) is 0. The summed E-state index contributed by atoms with van der Waals surface area (Å²) in [4.78, 5) is 14.9. The first-order valence-corrected chi connectivity index (χ1v) is 12.0. The molecule has 2 heterocycles. The Morgan fingerprint density at radius 1 is 1.00 bits per heavy atom. The van der Waals surface area contributed by atoms with Crippen LogP contribution in [0.2, 0.25) is 5.02 Å². The van der Waals surface area contributed by atoms with Crippen molar-refractivity contribution in [2.45, 2.75) is 11.8 Å². The average molecular weight is 460 g/mol. The number of nitrogens with zero attached hydrogens (tertiary/aromatic N) is 3. The fourth-order valence-electron chi connectivity index (χ4n) is 3.95. The van der Waals surface area contributed by atoms with Crippen LogP contribution in [0.5, 0.6) is 0 Å². The van der Waals surface area contributed by atoms with Gasteiger partial charge in [0, 0.05) is 35.5 Å². The summed E-state index contributed by atoms with van der Waals surface area (Å²) in [5, 5.41) is 5.42. The van der Waals surface area contributed by atoms with Crippen LogP contribution in [0, 0.1) is 0 Å². The first-order valence-electron chi connectivity index (χ1n) is 10.5. The minimum Gasteiger partial charge on any atom is -0.326 e. The van der Waals surface area contributed by atoms with Gasteiger partial charge in [-0.2, -0.15) is 5.10 Å². The van der Waals surface area contributed by atoms with Crippen molar-refractivity contribution in [3.8, 4) is 16.8 Å². The van der Waals surface area contributed by atoms with Crippen molar-refractivity contribution in [1.29, 1.82) is 0 Å². The highest BCUT2D eigenvalue weighted by Gasteiger charge is 2.30. The molecule has 32 heavy (non-hydrogen) atoms. The summed E-state index contributed by atoms with van der Waals surface area (Å²) in [5.41, 5.74) is 5.07. The van der Waals surface area contributed by atoms with Crippen LogP contribution in [0.1, 0.15) is 15.9 Å². The molecular formula is C26H22ClN3OS. The van der Waals surface area contributed by atoms with Gasteiger partial charge in [0.1, 0.15) is 0 Å². The van der Waals surface area contributed by atoms with E-state index in [9.17, 15) is 4.79 Å². The van der Waals surface area contributed by atoms with Gasteiger partial charge in [0.15, 0.2) is 0 Å². The molecule has 1 amide bonds. The van der Waals surface area contributed by atoms with Gasteiger partial charge in [0.05, 0.1) is 17.3 Å². The molecule has 0 aliphatic carbocycles. The molecule has 4 nitrogen and oxygen atoms in total. The van der Waals surface area contributed by atoms with Crippen molar-refractivity contribution in [2.24, 2.45) is 0 Å². The highest BCUT2D eigenvalue weighted by molar-refractivity contribution is 8.00. The van der Waals surface area contributed by atoms with Gasteiger partial charge in [-0.05, 0) is 53.1 Å². The molecule has 160 valence electrons. The molecule has 0 radical (unpaired) electrons. The number of benzene rings is 3. The molecule has 1 atom stereocenters. The molecule has 0 spiro atoms. The quantitative estimate of drug-likeness (QED) is 0.370. The second-order valence-corrected chi connectivity index (χ2v) is 9.47. The third-order valence-corrected chi connectivity index (χ3v) is 7.07. The van der Waals surface area contributed by atoms with Gasteiger partial charge in [-0.25, -0.2) is 4.68 Å². The predicted molar refractivity (Wildman–Crippen MR) is 131 cm³/mol. The summed E-state index contributed by atoms with van der Waals surface area (Å²) >= 11 is 7.95. The zero-order chi connectivity index (χ0) is 21.9. The van der Waals surface area contributed by atoms with Gasteiger partial charge in [-0.15, -0.1) is 11.8 Å². The van der Waals surface area contributed by atoms with Crippen LogP contribution in [0.4, 0.5) is 0 Å². The third kappa shape index (κ3) is 4.45. The molecule has 1 saturated heterocycles. The minimum absolute atomic E-state index is 0.101. The van der Waals surface area contributed by atoms with E-state index in [1.54, 1.807) is 0 Å². The molecule has 5 rings (SSSR count). The second-order valence-electron chi connectivity index (χ2n) is 7.74. The maximum absolute atomic E-state index is 12.9. The molecule has 1 aliphatic rings. The summed E-state index contributed by atoms with van der Waals surface area (Å²) < 4.78 is 1.89. The van der Waals surface area contributed by atoms with E-state index in [1.807, 2.05) is 76.1 Å². The second kappa shape index (κ2) is 9.23. The standard InChI is InChI=1S/C26H22ClN3OS/c27-23-8-4-7-22(16-23)20-9-11-24(12-10-20)30-18-19(17-28-30)15-25-29(13-14-32-25)26(31)21-5-2-1-3-6-21/h1-12,16-18,25H,13-15H2. The Kier molecular flexibility index (Phi) is 6.02. The number of carbonyl (C=O) groups excluding carboxylic acids is 1. The maximum Gasteiger partial charge on any atom is 0.254 e. The molecule has 1 aliphatic heterocycles. The summed E-state index contributed by atoms with van der Waals surface area (Å²) in [6, 6.07) is 25.6. The van der Waals surface area contributed by atoms with E-state index in [2.05, 4.69) is 41.6 Å². The summed E-state index contributed by atoms with van der Waals surface area (Å²) in [5.74, 6) is 1.06. The van der Waals surface area contributed by atoms with Crippen LogP contribution in [0.15, 0.2) is 91.3 Å². The molecule has 3 aromatic carbocycles. The zero-order valence-electron chi connectivity index (χ0n) is 17.4. The Morgan fingerprint density at radius 2 is 1.81 bits per heavy atom. The molecule has 1 unspecified atom stereocenters. The van der Waals surface area contributed by atoms with E-state index >= 15 is 0 Å². The molecule has 1 fully saturated rings. The van der Waals surface area contributed by atoms with Gasteiger partial charge < -0.3 is 4.90 Å². The van der Waals surface area contributed by atoms with E-state index in [-0.39, 0.29) is 11.3 Å². The third-order valence-electron chi connectivity index (χ3n) is 5.61. The lowest BCUT2D eigenvalue weighted by Gasteiger charge is -2.23. The van der Waals surface area contributed by atoms with Crippen LogP contribution in [0.3, 0.4) is 0 Å². The van der Waals surface area contributed by atoms with Crippen LogP contribution in [-0.2, 0) is 6.42 Å². The lowest BCUT2D eigenvalue weighted by molar-refractivity contribution is 0.0761. The van der Waals surface area contributed by atoms with E-state index in [0.717, 1.165) is 51.7 Å². The fraction of sp³-hybridized carbons (Fsp3) is 0.154. The minimum atomic E-state index is 0.101. The van der Waals surface area contributed by atoms with Gasteiger partial charge in [0.2, 0.25) is 0 Å². The van der Waals surface area contributed by atoms with Gasteiger partial charge in [-0.1, -0.05) is 54.1 Å². The molecule has 4 aromatic rings. The average Bonchev–Trinajstić information content (AvgIpc) is 3.49. The largest absolute Gasteiger partial charge is 0.326 e. The number of rotatable bonds is 5. The Labute approximate surface area is 196 Å². The Morgan fingerprint density at radius 3 is 2.59 bits per heavy atom. The van der Waals surface area contributed by atoms with Crippen LogP contribution >= 0.6 is 23.4 Å². The van der Waals surface area contributed by atoms with Crippen molar-refractivity contribution >= 4 is 29.3 Å². The maximum atomic E-state index is 12.9. The van der Waals surface area contributed by atoms with Crippen LogP contribution in [-0.4, -0.2) is 38.3 Å². The Hall–Kier alpha value is -3.02. The van der Waals surface area contributed by atoms with Crippen molar-refractivity contribution in [3.63, 3.8) is 0 Å². The lowest BCUT2D eigenvalue weighted by Crippen LogP contribution is -2.35. The van der Waals surface area contributed by atoms with E-state index < -0.39 is 0 Å². The predicted octanol–water partition coefficient (Wildman–Crippen LogP) is 5.95. The summed E-state index contributed by atoms with van der Waals surface area (Å²) in [6.07, 6.45) is 4.73. The van der Waals surface area contributed by atoms with E-state index in [0.29, 0.717) is 0 Å². The molecule has 0 N–H and O–H groups in total. The lowest BCUT2D eigenvalue weighted by atomic mass is 10.1. The molecule has 1 aromatic heterocycles. The Balaban J connectivity index is 1.29. The number of amides is 1. The number of halogens is 1. The van der Waals surface area contributed by atoms with Gasteiger partial charge in [0.25, 0.3) is 5.91 Å². The summed E-state index contributed by atoms with van der Waals surface area (Å²) in [7, 11) is 0. The van der Waals surface area contributed by atoms with E-state index in [4.69, 9.17) is 11.6 Å². The SMILES string of the molecule is O=C(c1ccccc1)N1CCSC1Cc1cnn(-c2ccc(-c3cccc(Cl)c3)cc2)c1. The number of hydrogen-bond acceptors (Lipinski definition) is 3. The topological polar surface area (TPSA) is 38.1 Å². The number of aromatic nitrogens is 2. The highest BCUT2D eigenvalue weighted by Crippen LogP contribution is 2.29. The first-order chi connectivity index (χ1) is 15.7. The summed E-state index contributed by atoms with van der Waals surface area (Å²) in [6.45, 7) is 0.780. The molecule has 0 bridgehead atoms. The monoisotopic (exact) mass is 459 g/mol. The van der Waals surface area contributed by atoms with Gasteiger partial charge >= 0.3 is 0 Å². The molecular weight excluding hydrogens is 438 g/mol.